The van der Waals surface area contributed by atoms with E-state index in [2.05, 4.69) is 0 Å². The van der Waals surface area contributed by atoms with E-state index < -0.39 is 29.6 Å². The summed E-state index contributed by atoms with van der Waals surface area (Å²) in [6.45, 7) is 0.841. The van der Waals surface area contributed by atoms with Gasteiger partial charge in [0.1, 0.15) is 12.7 Å². The highest BCUT2D eigenvalue weighted by Gasteiger charge is 2.61. The molecular formula is C17H16O7. The van der Waals surface area contributed by atoms with Gasteiger partial charge < -0.3 is 18.9 Å². The number of methoxy groups -OCH3 is 2. The molecule has 0 saturated carbocycles. The van der Waals surface area contributed by atoms with Crippen LogP contribution in [0.5, 0.6) is 0 Å². The molecule has 2 aliphatic rings. The summed E-state index contributed by atoms with van der Waals surface area (Å²) >= 11 is 0. The van der Waals surface area contributed by atoms with E-state index in [4.69, 9.17) is 20.3 Å². The molecule has 0 saturated heterocycles. The van der Waals surface area contributed by atoms with Crippen molar-refractivity contribution in [1.82, 2.24) is 0 Å². The monoisotopic (exact) mass is 333 g/mol. The van der Waals surface area contributed by atoms with Crippen molar-refractivity contribution in [1.29, 1.82) is 0 Å². The van der Waals surface area contributed by atoms with Gasteiger partial charge in [0.05, 0.1) is 26.7 Å². The molecule has 2 bridgehead atoms. The molecule has 3 rings (SSSR count). The summed E-state index contributed by atoms with van der Waals surface area (Å²) in [5.41, 5.74) is -1.19. The van der Waals surface area contributed by atoms with Crippen LogP contribution < -0.4 is 0 Å². The third-order valence-corrected chi connectivity index (χ3v) is 4.02. The van der Waals surface area contributed by atoms with Crippen molar-refractivity contribution in [2.24, 2.45) is 0 Å². The van der Waals surface area contributed by atoms with Crippen LogP contribution in [0.2, 0.25) is 0 Å². The lowest BCUT2D eigenvalue weighted by Crippen LogP contribution is -2.37. The first-order valence-corrected chi connectivity index (χ1v) is 7.17. The molecule has 0 unspecified atom stereocenters. The Balaban J connectivity index is 2.30. The van der Waals surface area contributed by atoms with Crippen molar-refractivity contribution in [3.05, 3.63) is 46.5 Å². The first kappa shape index (κ1) is 14.9. The minimum absolute atomic E-state index is 0.184. The van der Waals surface area contributed by atoms with Crippen LogP contribution in [-0.2, 0) is 38.9 Å². The summed E-state index contributed by atoms with van der Waals surface area (Å²) in [7, 11) is 2.29. The van der Waals surface area contributed by atoms with Crippen molar-refractivity contribution in [3.8, 4) is 0 Å². The molecule has 0 N–H and O–H groups in total. The van der Waals surface area contributed by atoms with Gasteiger partial charge in [-0.3, -0.25) is 4.79 Å². The minimum Gasteiger partial charge on any atom is -0.466 e. The molecule has 0 aromatic heterocycles. The minimum atomic E-state index is -1.95. The standard InChI is InChI=1S/C17H16O7/c1-9(18)23-8-17-11-7-5-4-6-10(11)14(24-17)12(15(19)21-2)13(17)16(20)22-3/h4-7,14H,8H2,1-3H3/t14-,17+/m1/s1/i14D. The fourth-order valence-corrected chi connectivity index (χ4v) is 3.05. The lowest BCUT2D eigenvalue weighted by molar-refractivity contribution is -0.153. The lowest BCUT2D eigenvalue weighted by Gasteiger charge is -2.28. The van der Waals surface area contributed by atoms with Gasteiger partial charge in [0.2, 0.25) is 0 Å². The number of fused-ring (bicyclic) bond motifs is 5. The molecule has 0 radical (unpaired) electrons. The van der Waals surface area contributed by atoms with Crippen LogP contribution in [-0.4, -0.2) is 38.7 Å². The second-order valence-corrected chi connectivity index (χ2v) is 5.32. The Kier molecular flexibility index (Phi) is 3.57. The number of esters is 3. The maximum atomic E-state index is 12.4. The maximum Gasteiger partial charge on any atom is 0.337 e. The number of benzene rings is 1. The second-order valence-electron chi connectivity index (χ2n) is 5.32. The Morgan fingerprint density at radius 1 is 1.21 bits per heavy atom. The van der Waals surface area contributed by atoms with E-state index in [1.165, 1.54) is 6.92 Å². The maximum absolute atomic E-state index is 12.4. The molecular weight excluding hydrogens is 316 g/mol. The van der Waals surface area contributed by atoms with Crippen LogP contribution in [0, 0.1) is 0 Å². The first-order valence-electron chi connectivity index (χ1n) is 7.67. The van der Waals surface area contributed by atoms with E-state index in [0.717, 1.165) is 14.2 Å². The zero-order chi connectivity index (χ0) is 18.4. The van der Waals surface area contributed by atoms with Crippen molar-refractivity contribution < 1.29 is 34.7 Å². The second kappa shape index (κ2) is 5.76. The first-order chi connectivity index (χ1) is 11.8. The molecule has 0 amide bonds. The third kappa shape index (κ3) is 2.12. The number of carbonyl (C=O) groups is 3. The smallest absolute Gasteiger partial charge is 0.337 e. The molecule has 0 spiro atoms. The van der Waals surface area contributed by atoms with Gasteiger partial charge in [-0.1, -0.05) is 24.3 Å². The van der Waals surface area contributed by atoms with Crippen molar-refractivity contribution in [3.63, 3.8) is 0 Å². The van der Waals surface area contributed by atoms with Crippen molar-refractivity contribution in [2.45, 2.75) is 18.6 Å². The van der Waals surface area contributed by atoms with Gasteiger partial charge in [0.25, 0.3) is 0 Å². The van der Waals surface area contributed by atoms with Crippen LogP contribution in [0.3, 0.4) is 0 Å². The van der Waals surface area contributed by atoms with E-state index >= 15 is 0 Å². The van der Waals surface area contributed by atoms with Crippen molar-refractivity contribution >= 4 is 17.9 Å². The Morgan fingerprint density at radius 2 is 1.88 bits per heavy atom. The Bertz CT molecular complexity index is 815. The molecule has 0 fully saturated rings. The van der Waals surface area contributed by atoms with Gasteiger partial charge >= 0.3 is 17.9 Å². The van der Waals surface area contributed by atoms with Gasteiger partial charge in [-0.25, -0.2) is 9.59 Å². The molecule has 1 aromatic rings. The fourth-order valence-electron chi connectivity index (χ4n) is 3.05. The van der Waals surface area contributed by atoms with Crippen LogP contribution in [0.15, 0.2) is 35.4 Å². The number of hydrogen-bond acceptors (Lipinski definition) is 7. The van der Waals surface area contributed by atoms with Gasteiger partial charge in [0.15, 0.2) is 5.60 Å². The topological polar surface area (TPSA) is 88.1 Å². The SMILES string of the molecule is [2H][C@]12O[C@](COC(C)=O)(C(C(=O)OC)=C1C(=O)OC)c1ccccc12. The molecule has 1 aromatic carbocycles. The van der Waals surface area contributed by atoms with Crippen LogP contribution in [0.1, 0.15) is 25.5 Å². The summed E-state index contributed by atoms with van der Waals surface area (Å²) in [5.74, 6) is -2.32. The summed E-state index contributed by atoms with van der Waals surface area (Å²) in [5, 5.41) is 0. The van der Waals surface area contributed by atoms with Crippen LogP contribution in [0.4, 0.5) is 0 Å². The zero-order valence-corrected chi connectivity index (χ0v) is 13.4. The third-order valence-electron chi connectivity index (χ3n) is 4.02. The number of carbonyl (C=O) groups excluding carboxylic acids is 3. The number of ether oxygens (including phenoxy) is 4. The average molecular weight is 333 g/mol. The Hall–Kier alpha value is -2.67. The van der Waals surface area contributed by atoms with E-state index in [9.17, 15) is 14.4 Å². The summed E-state index contributed by atoms with van der Waals surface area (Å²) in [6, 6.07) is 6.67. The lowest BCUT2D eigenvalue weighted by atomic mass is 9.77. The van der Waals surface area contributed by atoms with Gasteiger partial charge in [-0.05, 0) is 11.1 Å². The number of rotatable bonds is 4. The quantitative estimate of drug-likeness (QED) is 0.604. The largest absolute Gasteiger partial charge is 0.466 e. The van der Waals surface area contributed by atoms with Crippen LogP contribution in [0.25, 0.3) is 0 Å². The van der Waals surface area contributed by atoms with E-state index in [0.29, 0.717) is 11.1 Å². The van der Waals surface area contributed by atoms with E-state index in [1.807, 2.05) is 0 Å². The fraction of sp³-hybridized carbons (Fsp3) is 0.353. The summed E-state index contributed by atoms with van der Waals surface area (Å²) in [4.78, 5) is 36.1. The number of hydrogen-bond donors (Lipinski definition) is 0. The highest BCUT2D eigenvalue weighted by molar-refractivity contribution is 6.05. The van der Waals surface area contributed by atoms with Crippen LogP contribution >= 0.6 is 0 Å². The Labute approximate surface area is 139 Å². The van der Waals surface area contributed by atoms with Gasteiger partial charge in [-0.2, -0.15) is 0 Å². The van der Waals surface area contributed by atoms with Crippen molar-refractivity contribution in [2.75, 3.05) is 20.8 Å². The van der Waals surface area contributed by atoms with E-state index in [1.54, 1.807) is 24.3 Å². The predicted octanol–water partition coefficient (Wildman–Crippen LogP) is 1.17. The van der Waals surface area contributed by atoms with Gasteiger partial charge in [-0.15, -0.1) is 0 Å². The predicted molar refractivity (Wildman–Crippen MR) is 79.6 cm³/mol. The molecule has 7 heteroatoms. The molecule has 126 valence electrons. The molecule has 7 nitrogen and oxygen atoms in total. The molecule has 2 atom stereocenters. The molecule has 2 aliphatic heterocycles. The highest BCUT2D eigenvalue weighted by Crippen LogP contribution is 2.58. The average Bonchev–Trinajstić information content (AvgIpc) is 3.03. The summed E-state index contributed by atoms with van der Waals surface area (Å²) in [6.07, 6.45) is -1.95. The summed E-state index contributed by atoms with van der Waals surface area (Å²) < 4.78 is 29.2. The molecule has 0 aliphatic carbocycles. The Morgan fingerprint density at radius 3 is 2.50 bits per heavy atom. The highest BCUT2D eigenvalue weighted by atomic mass is 16.6. The van der Waals surface area contributed by atoms with Gasteiger partial charge in [0, 0.05) is 6.92 Å². The van der Waals surface area contributed by atoms with E-state index in [-0.39, 0.29) is 17.8 Å². The zero-order valence-electron chi connectivity index (χ0n) is 14.4. The molecule has 24 heavy (non-hydrogen) atoms. The normalized spacial score (nSPS) is 27.4. The molecule has 2 heterocycles.